The molecule has 0 aromatic carbocycles. The SMILES string of the molecule is CCc1ncc(OC)c(=O)[nH]1. The molecule has 1 N–H and O–H groups in total. The van der Waals surface area contributed by atoms with Gasteiger partial charge >= 0.3 is 0 Å². The third kappa shape index (κ3) is 1.58. The number of aryl methyl sites for hydroxylation is 1. The molecule has 1 heterocycles. The summed E-state index contributed by atoms with van der Waals surface area (Å²) in [6, 6.07) is 0. The van der Waals surface area contributed by atoms with E-state index in [-0.39, 0.29) is 11.3 Å². The van der Waals surface area contributed by atoms with E-state index < -0.39 is 0 Å². The molecule has 60 valence electrons. The van der Waals surface area contributed by atoms with Gasteiger partial charge in [0.1, 0.15) is 5.82 Å². The highest BCUT2D eigenvalue weighted by Gasteiger charge is 1.98. The Bertz CT molecular complexity index is 293. The van der Waals surface area contributed by atoms with Crippen molar-refractivity contribution in [2.75, 3.05) is 7.11 Å². The van der Waals surface area contributed by atoms with Crippen LogP contribution in [0.3, 0.4) is 0 Å². The van der Waals surface area contributed by atoms with Crippen molar-refractivity contribution in [3.63, 3.8) is 0 Å². The Hall–Kier alpha value is -1.32. The molecule has 0 spiro atoms. The summed E-state index contributed by atoms with van der Waals surface area (Å²) in [6.45, 7) is 1.92. The van der Waals surface area contributed by atoms with Crippen molar-refractivity contribution in [1.29, 1.82) is 0 Å². The topological polar surface area (TPSA) is 55.0 Å². The van der Waals surface area contributed by atoms with Crippen LogP contribution in [-0.4, -0.2) is 17.1 Å². The zero-order valence-corrected chi connectivity index (χ0v) is 6.55. The molecule has 0 radical (unpaired) electrons. The van der Waals surface area contributed by atoms with E-state index in [9.17, 15) is 4.79 Å². The third-order valence-electron chi connectivity index (χ3n) is 1.37. The first kappa shape index (κ1) is 7.78. The van der Waals surface area contributed by atoms with Gasteiger partial charge in [-0.05, 0) is 0 Å². The number of hydrogen-bond acceptors (Lipinski definition) is 3. The van der Waals surface area contributed by atoms with Gasteiger partial charge in [-0.25, -0.2) is 4.98 Å². The van der Waals surface area contributed by atoms with Crippen LogP contribution in [0.25, 0.3) is 0 Å². The number of rotatable bonds is 2. The molecular weight excluding hydrogens is 144 g/mol. The van der Waals surface area contributed by atoms with Gasteiger partial charge in [0, 0.05) is 6.42 Å². The molecule has 0 aliphatic rings. The summed E-state index contributed by atoms with van der Waals surface area (Å²) in [5.41, 5.74) is -0.223. The van der Waals surface area contributed by atoms with E-state index in [1.807, 2.05) is 6.92 Å². The molecule has 0 aliphatic carbocycles. The molecule has 0 aliphatic heterocycles. The van der Waals surface area contributed by atoms with Gasteiger partial charge in [0.2, 0.25) is 5.75 Å². The highest BCUT2D eigenvalue weighted by atomic mass is 16.5. The van der Waals surface area contributed by atoms with E-state index in [2.05, 4.69) is 9.97 Å². The summed E-state index contributed by atoms with van der Waals surface area (Å²) in [5, 5.41) is 0. The molecule has 4 nitrogen and oxygen atoms in total. The quantitative estimate of drug-likeness (QED) is 0.668. The first-order valence-electron chi connectivity index (χ1n) is 3.40. The largest absolute Gasteiger partial charge is 0.490 e. The fraction of sp³-hybridized carbons (Fsp3) is 0.429. The van der Waals surface area contributed by atoms with Gasteiger partial charge in [-0.1, -0.05) is 6.92 Å². The Morgan fingerprint density at radius 3 is 2.91 bits per heavy atom. The predicted octanol–water partition coefficient (Wildman–Crippen LogP) is 0.341. The fourth-order valence-electron chi connectivity index (χ4n) is 0.745. The maximum atomic E-state index is 11.0. The molecule has 0 fully saturated rings. The first-order chi connectivity index (χ1) is 5.27. The van der Waals surface area contributed by atoms with E-state index in [4.69, 9.17) is 4.74 Å². The zero-order chi connectivity index (χ0) is 8.27. The van der Waals surface area contributed by atoms with Crippen molar-refractivity contribution in [2.24, 2.45) is 0 Å². The minimum absolute atomic E-state index is 0.223. The van der Waals surface area contributed by atoms with E-state index in [1.54, 1.807) is 0 Å². The minimum Gasteiger partial charge on any atom is -0.490 e. The second kappa shape index (κ2) is 3.18. The van der Waals surface area contributed by atoms with Gasteiger partial charge in [-0.2, -0.15) is 0 Å². The standard InChI is InChI=1S/C7H10N2O2/c1-3-6-8-4-5(11-2)7(10)9-6/h4H,3H2,1-2H3,(H,8,9,10). The molecular formula is C7H10N2O2. The summed E-state index contributed by atoms with van der Waals surface area (Å²) < 4.78 is 4.74. The molecule has 1 aromatic heterocycles. The van der Waals surface area contributed by atoms with Gasteiger partial charge in [-0.15, -0.1) is 0 Å². The van der Waals surface area contributed by atoms with Crippen LogP contribution in [0.5, 0.6) is 5.75 Å². The Labute approximate surface area is 64.2 Å². The van der Waals surface area contributed by atoms with Crippen LogP contribution in [0, 0.1) is 0 Å². The number of hydrogen-bond donors (Lipinski definition) is 1. The number of aromatic amines is 1. The number of methoxy groups -OCH3 is 1. The van der Waals surface area contributed by atoms with Gasteiger partial charge in [0.15, 0.2) is 0 Å². The number of H-pyrrole nitrogens is 1. The Kier molecular flexibility index (Phi) is 2.25. The number of nitrogens with zero attached hydrogens (tertiary/aromatic N) is 1. The van der Waals surface area contributed by atoms with Crippen molar-refractivity contribution < 1.29 is 4.74 Å². The molecule has 0 amide bonds. The average molecular weight is 154 g/mol. The van der Waals surface area contributed by atoms with Crippen LogP contribution < -0.4 is 10.3 Å². The molecule has 0 unspecified atom stereocenters. The van der Waals surface area contributed by atoms with Crippen LogP contribution in [0.2, 0.25) is 0 Å². The summed E-state index contributed by atoms with van der Waals surface area (Å²) in [4.78, 5) is 17.5. The molecule has 1 rings (SSSR count). The maximum absolute atomic E-state index is 11.0. The minimum atomic E-state index is -0.223. The number of ether oxygens (including phenoxy) is 1. The summed E-state index contributed by atoms with van der Waals surface area (Å²) in [6.07, 6.45) is 2.15. The molecule has 11 heavy (non-hydrogen) atoms. The summed E-state index contributed by atoms with van der Waals surface area (Å²) in [7, 11) is 1.44. The van der Waals surface area contributed by atoms with Gasteiger partial charge in [0.25, 0.3) is 5.56 Å². The van der Waals surface area contributed by atoms with Crippen molar-refractivity contribution in [2.45, 2.75) is 13.3 Å². The van der Waals surface area contributed by atoms with Crippen molar-refractivity contribution >= 4 is 0 Å². The maximum Gasteiger partial charge on any atom is 0.293 e. The molecule has 1 aromatic rings. The van der Waals surface area contributed by atoms with Gasteiger partial charge < -0.3 is 9.72 Å². The van der Waals surface area contributed by atoms with E-state index in [0.29, 0.717) is 5.82 Å². The number of aromatic nitrogens is 2. The highest BCUT2D eigenvalue weighted by Crippen LogP contribution is 1.97. The van der Waals surface area contributed by atoms with Crippen LogP contribution in [0.1, 0.15) is 12.7 Å². The first-order valence-corrected chi connectivity index (χ1v) is 3.40. The average Bonchev–Trinajstić information content (AvgIpc) is 2.04. The molecule has 4 heteroatoms. The van der Waals surface area contributed by atoms with Crippen molar-refractivity contribution in [3.05, 3.63) is 22.4 Å². The summed E-state index contributed by atoms with van der Waals surface area (Å²) in [5.74, 6) is 0.929. The predicted molar refractivity (Wildman–Crippen MR) is 40.8 cm³/mol. The van der Waals surface area contributed by atoms with E-state index in [1.165, 1.54) is 13.3 Å². The lowest BCUT2D eigenvalue weighted by Gasteiger charge is -1.98. The molecule has 0 atom stereocenters. The Morgan fingerprint density at radius 1 is 1.73 bits per heavy atom. The molecule has 0 bridgehead atoms. The molecule has 0 saturated heterocycles. The monoisotopic (exact) mass is 154 g/mol. The molecule has 0 saturated carbocycles. The lowest BCUT2D eigenvalue weighted by molar-refractivity contribution is 0.405. The number of nitrogens with one attached hydrogen (secondary N) is 1. The fourth-order valence-corrected chi connectivity index (χ4v) is 0.745. The highest BCUT2D eigenvalue weighted by molar-refractivity contribution is 5.12. The normalized spacial score (nSPS) is 9.64. The zero-order valence-electron chi connectivity index (χ0n) is 6.55. The second-order valence-electron chi connectivity index (χ2n) is 2.08. The van der Waals surface area contributed by atoms with Crippen molar-refractivity contribution in [3.8, 4) is 5.75 Å². The van der Waals surface area contributed by atoms with Crippen molar-refractivity contribution in [1.82, 2.24) is 9.97 Å². The van der Waals surface area contributed by atoms with Gasteiger partial charge in [0.05, 0.1) is 13.3 Å². The Morgan fingerprint density at radius 2 is 2.45 bits per heavy atom. The van der Waals surface area contributed by atoms with Crippen LogP contribution >= 0.6 is 0 Å². The Balaban J connectivity index is 3.10. The summed E-state index contributed by atoms with van der Waals surface area (Å²) >= 11 is 0. The lowest BCUT2D eigenvalue weighted by atomic mass is 10.4. The van der Waals surface area contributed by atoms with Crippen LogP contribution in [0.15, 0.2) is 11.0 Å². The smallest absolute Gasteiger partial charge is 0.293 e. The van der Waals surface area contributed by atoms with Gasteiger partial charge in [-0.3, -0.25) is 4.79 Å². The second-order valence-corrected chi connectivity index (χ2v) is 2.08. The van der Waals surface area contributed by atoms with E-state index in [0.717, 1.165) is 6.42 Å². The lowest BCUT2D eigenvalue weighted by Crippen LogP contribution is -2.12. The van der Waals surface area contributed by atoms with Crippen LogP contribution in [0.4, 0.5) is 0 Å². The van der Waals surface area contributed by atoms with E-state index >= 15 is 0 Å². The third-order valence-corrected chi connectivity index (χ3v) is 1.37. The van der Waals surface area contributed by atoms with Crippen LogP contribution in [-0.2, 0) is 6.42 Å².